The first-order chi connectivity index (χ1) is 10.1. The number of carbonyl (C=O) groups is 1. The summed E-state index contributed by atoms with van der Waals surface area (Å²) in [5.41, 5.74) is 3.36. The molecule has 0 aliphatic heterocycles. The van der Waals surface area contributed by atoms with Crippen molar-refractivity contribution in [2.24, 2.45) is 0 Å². The molecule has 9 nitrogen and oxygen atoms in total. The van der Waals surface area contributed by atoms with E-state index < -0.39 is 5.72 Å². The maximum atomic E-state index is 10.1. The molecular formula is C12H16N2O7. The SMILES string of the molecule is CC(COc1ccc(COO)cc1)(NO)ONC=O.[C-]#[O+]. The van der Waals surface area contributed by atoms with Crippen molar-refractivity contribution in [2.45, 2.75) is 19.3 Å². The first kappa shape index (κ1) is 19.0. The van der Waals surface area contributed by atoms with Gasteiger partial charge in [0, 0.05) is 0 Å². The molecule has 0 heterocycles. The normalized spacial score (nSPS) is 12.4. The van der Waals surface area contributed by atoms with E-state index in [1.807, 2.05) is 11.0 Å². The Balaban J connectivity index is 0.00000191. The van der Waals surface area contributed by atoms with Crippen LogP contribution in [0.4, 0.5) is 0 Å². The number of hydrogen-bond donors (Lipinski definition) is 4. The van der Waals surface area contributed by atoms with Crippen LogP contribution in [0.25, 0.3) is 0 Å². The molecular weight excluding hydrogens is 284 g/mol. The van der Waals surface area contributed by atoms with E-state index in [0.29, 0.717) is 12.2 Å². The summed E-state index contributed by atoms with van der Waals surface area (Å²) >= 11 is 0. The molecule has 0 bridgehead atoms. The van der Waals surface area contributed by atoms with Crippen molar-refractivity contribution in [3.05, 3.63) is 36.5 Å². The Labute approximate surface area is 121 Å². The number of ether oxygens (including phenoxy) is 1. The third kappa shape index (κ3) is 7.40. The quantitative estimate of drug-likeness (QED) is 0.130. The van der Waals surface area contributed by atoms with Crippen molar-refractivity contribution in [1.82, 2.24) is 11.0 Å². The van der Waals surface area contributed by atoms with Gasteiger partial charge in [0.15, 0.2) is 5.72 Å². The van der Waals surface area contributed by atoms with Gasteiger partial charge in [-0.05, 0) is 24.6 Å². The average molecular weight is 300 g/mol. The third-order valence-corrected chi connectivity index (χ3v) is 2.24. The number of carbonyl (C=O) groups excluding carboxylic acids is 1. The van der Waals surface area contributed by atoms with Gasteiger partial charge in [-0.2, -0.15) is 5.48 Å². The summed E-state index contributed by atoms with van der Waals surface area (Å²) in [6, 6.07) is 6.75. The second-order valence-electron chi connectivity index (χ2n) is 3.89. The maximum absolute atomic E-state index is 10.1. The first-order valence-corrected chi connectivity index (χ1v) is 5.60. The second-order valence-corrected chi connectivity index (χ2v) is 3.89. The molecule has 0 radical (unpaired) electrons. The molecule has 0 saturated carbocycles. The Morgan fingerprint density at radius 1 is 1.38 bits per heavy atom. The van der Waals surface area contributed by atoms with Crippen LogP contribution < -0.4 is 15.7 Å². The van der Waals surface area contributed by atoms with E-state index in [4.69, 9.17) is 24.7 Å². The van der Waals surface area contributed by atoms with E-state index in [0.717, 1.165) is 5.56 Å². The summed E-state index contributed by atoms with van der Waals surface area (Å²) in [6.07, 6.45) is 0.333. The molecule has 1 atom stereocenters. The van der Waals surface area contributed by atoms with Crippen LogP contribution >= 0.6 is 0 Å². The van der Waals surface area contributed by atoms with Crippen LogP contribution in [0.15, 0.2) is 24.3 Å². The van der Waals surface area contributed by atoms with Crippen LogP contribution in [0.2, 0.25) is 0 Å². The minimum absolute atomic E-state index is 0.0554. The fourth-order valence-corrected chi connectivity index (χ4v) is 1.22. The van der Waals surface area contributed by atoms with Gasteiger partial charge in [0.25, 0.3) is 0 Å². The molecule has 0 aliphatic rings. The van der Waals surface area contributed by atoms with Gasteiger partial charge in [-0.3, -0.25) is 10.1 Å². The molecule has 1 aromatic carbocycles. The Morgan fingerprint density at radius 3 is 2.48 bits per heavy atom. The summed E-state index contributed by atoms with van der Waals surface area (Å²) < 4.78 is 12.9. The zero-order valence-electron chi connectivity index (χ0n) is 11.2. The Bertz CT molecular complexity index is 423. The van der Waals surface area contributed by atoms with Crippen LogP contribution in [0.3, 0.4) is 0 Å². The van der Waals surface area contributed by atoms with Crippen molar-refractivity contribution in [1.29, 1.82) is 0 Å². The van der Waals surface area contributed by atoms with Gasteiger partial charge in [0.05, 0.1) is 0 Å². The van der Waals surface area contributed by atoms with Crippen molar-refractivity contribution >= 4 is 6.41 Å². The molecule has 0 spiro atoms. The molecule has 21 heavy (non-hydrogen) atoms. The van der Waals surface area contributed by atoms with E-state index in [2.05, 4.69) is 11.5 Å². The Hall–Kier alpha value is -1.97. The van der Waals surface area contributed by atoms with Crippen LogP contribution in [-0.4, -0.2) is 29.2 Å². The molecule has 1 rings (SSSR count). The number of hydrogen-bond acceptors (Lipinski definition) is 7. The van der Waals surface area contributed by atoms with Crippen molar-refractivity contribution in [2.75, 3.05) is 6.61 Å². The van der Waals surface area contributed by atoms with Gasteiger partial charge < -0.3 is 9.94 Å². The van der Waals surface area contributed by atoms with Gasteiger partial charge in [-0.25, -0.2) is 15.2 Å². The topological polar surface area (TPSA) is 129 Å². The number of amides is 1. The zero-order valence-corrected chi connectivity index (χ0v) is 11.2. The van der Waals surface area contributed by atoms with Gasteiger partial charge in [0.2, 0.25) is 6.41 Å². The molecule has 9 heteroatoms. The van der Waals surface area contributed by atoms with E-state index in [1.165, 1.54) is 6.92 Å². The van der Waals surface area contributed by atoms with Gasteiger partial charge >= 0.3 is 11.3 Å². The van der Waals surface area contributed by atoms with Crippen molar-refractivity contribution < 1.29 is 34.4 Å². The van der Waals surface area contributed by atoms with E-state index >= 15 is 0 Å². The number of hydroxylamine groups is 2. The molecule has 4 N–H and O–H groups in total. The van der Waals surface area contributed by atoms with Crippen LogP contribution in [-0.2, 0) is 25.8 Å². The summed E-state index contributed by atoms with van der Waals surface area (Å²) in [5.74, 6) is 0.526. The Kier molecular flexibility index (Phi) is 9.76. The van der Waals surface area contributed by atoms with Gasteiger partial charge in [0.1, 0.15) is 19.0 Å². The molecule has 0 aromatic heterocycles. The molecule has 1 aromatic rings. The van der Waals surface area contributed by atoms with Crippen LogP contribution in [0.1, 0.15) is 12.5 Å². The molecule has 1 unspecified atom stereocenters. The van der Waals surface area contributed by atoms with Crippen molar-refractivity contribution in [3.8, 4) is 5.75 Å². The van der Waals surface area contributed by atoms with Gasteiger partial charge in [-0.1, -0.05) is 12.1 Å². The first-order valence-electron chi connectivity index (χ1n) is 5.60. The summed E-state index contributed by atoms with van der Waals surface area (Å²) in [5, 5.41) is 17.2. The standard InChI is InChI=1S/C11H16N2O6.CO/c1-11(13-15,19-12-8-14)7-17-10-4-2-9(3-5-10)6-18-16;1-2/h2-5,8,13,15-16H,6-7H2,1H3,(H,12,14);. The number of benzene rings is 1. The monoisotopic (exact) mass is 300 g/mol. The van der Waals surface area contributed by atoms with Gasteiger partial charge in [-0.15, -0.1) is 0 Å². The number of rotatable bonds is 9. The van der Waals surface area contributed by atoms with Crippen molar-refractivity contribution in [3.63, 3.8) is 0 Å². The molecule has 0 fully saturated rings. The second kappa shape index (κ2) is 10.8. The fraction of sp³-hybridized carbons (Fsp3) is 0.333. The summed E-state index contributed by atoms with van der Waals surface area (Å²) in [4.78, 5) is 19.0. The minimum atomic E-state index is -1.28. The van der Waals surface area contributed by atoms with Crippen LogP contribution in [0.5, 0.6) is 5.75 Å². The van der Waals surface area contributed by atoms with E-state index in [1.54, 1.807) is 24.3 Å². The van der Waals surface area contributed by atoms with E-state index in [-0.39, 0.29) is 13.2 Å². The summed E-state index contributed by atoms with van der Waals surface area (Å²) in [7, 11) is 0. The molecule has 0 aliphatic carbocycles. The van der Waals surface area contributed by atoms with Crippen LogP contribution in [0, 0.1) is 6.65 Å². The zero-order chi connectivity index (χ0) is 16.1. The Morgan fingerprint density at radius 2 is 2.00 bits per heavy atom. The predicted octanol–water partition coefficient (Wildman–Crippen LogP) is 0.390. The molecule has 1 amide bonds. The average Bonchev–Trinajstić information content (AvgIpc) is 2.54. The molecule has 0 saturated heterocycles. The summed E-state index contributed by atoms with van der Waals surface area (Å²) in [6.45, 7) is 6.01. The third-order valence-electron chi connectivity index (χ3n) is 2.24. The number of nitrogens with one attached hydrogen (secondary N) is 2. The fourth-order valence-electron chi connectivity index (χ4n) is 1.22. The molecule has 116 valence electrons. The van der Waals surface area contributed by atoms with E-state index in [9.17, 15) is 4.79 Å². The predicted molar refractivity (Wildman–Crippen MR) is 66.9 cm³/mol.